The number of ether oxygens (including phenoxy) is 1. The van der Waals surface area contributed by atoms with Crippen molar-refractivity contribution >= 4 is 0 Å². The predicted molar refractivity (Wildman–Crippen MR) is 54.2 cm³/mol. The molecule has 0 aliphatic rings. The summed E-state index contributed by atoms with van der Waals surface area (Å²) in [5, 5.41) is 8.75. The number of nitrogens with zero attached hydrogens (tertiary/aromatic N) is 2. The fourth-order valence-corrected chi connectivity index (χ4v) is 1.09. The maximum atomic E-state index is 8.75. The summed E-state index contributed by atoms with van der Waals surface area (Å²) in [4.78, 5) is 4.05. The van der Waals surface area contributed by atoms with E-state index in [9.17, 15) is 0 Å². The lowest BCUT2D eigenvalue weighted by Crippen LogP contribution is -2.12. The Morgan fingerprint density at radius 1 is 1.43 bits per heavy atom. The Bertz CT molecular complexity index is 372. The van der Waals surface area contributed by atoms with Gasteiger partial charge in [-0.1, -0.05) is 20.8 Å². The fourth-order valence-electron chi connectivity index (χ4n) is 1.09. The number of nitriles is 1. The molecule has 3 nitrogen and oxygen atoms in total. The number of rotatable bonds is 1. The van der Waals surface area contributed by atoms with Gasteiger partial charge in [-0.2, -0.15) is 5.26 Å². The molecule has 1 rings (SSSR count). The molecule has 0 unspecified atom stereocenters. The maximum absolute atomic E-state index is 8.75. The first-order valence-corrected chi connectivity index (χ1v) is 4.43. The van der Waals surface area contributed by atoms with Crippen LogP contribution < -0.4 is 4.74 Å². The van der Waals surface area contributed by atoms with E-state index in [1.54, 1.807) is 13.3 Å². The Hall–Kier alpha value is -1.56. The Labute approximate surface area is 84.3 Å². The largest absolute Gasteiger partial charge is 0.494 e. The normalized spacial score (nSPS) is 10.8. The second-order valence-electron chi connectivity index (χ2n) is 4.14. The van der Waals surface area contributed by atoms with Crippen LogP contribution >= 0.6 is 0 Å². The van der Waals surface area contributed by atoms with Crippen LogP contribution in [-0.2, 0) is 5.41 Å². The number of hydrogen-bond donors (Lipinski definition) is 0. The third-order valence-electron chi connectivity index (χ3n) is 2.04. The zero-order valence-electron chi connectivity index (χ0n) is 8.96. The van der Waals surface area contributed by atoms with E-state index in [1.807, 2.05) is 12.1 Å². The molecule has 74 valence electrons. The minimum atomic E-state index is 0.0221. The molecule has 0 saturated carbocycles. The van der Waals surface area contributed by atoms with Gasteiger partial charge in [0.1, 0.15) is 6.07 Å². The van der Waals surface area contributed by atoms with Crippen LogP contribution in [0.5, 0.6) is 5.75 Å². The van der Waals surface area contributed by atoms with Crippen molar-refractivity contribution in [1.82, 2.24) is 4.98 Å². The van der Waals surface area contributed by atoms with E-state index in [0.29, 0.717) is 11.4 Å². The Kier molecular flexibility index (Phi) is 2.76. The lowest BCUT2D eigenvalue weighted by atomic mass is 9.88. The van der Waals surface area contributed by atoms with Crippen molar-refractivity contribution in [2.45, 2.75) is 26.2 Å². The molecule has 0 spiro atoms. The number of aromatic nitrogens is 1. The second kappa shape index (κ2) is 3.67. The molecular formula is C11H14N2O. The molecule has 0 atom stereocenters. The van der Waals surface area contributed by atoms with Gasteiger partial charge in [-0.3, -0.25) is 0 Å². The molecule has 0 N–H and O–H groups in total. The van der Waals surface area contributed by atoms with Crippen molar-refractivity contribution < 1.29 is 4.74 Å². The summed E-state index contributed by atoms with van der Waals surface area (Å²) in [6, 6.07) is 3.86. The van der Waals surface area contributed by atoms with Crippen molar-refractivity contribution in [1.29, 1.82) is 5.26 Å². The molecule has 0 aliphatic carbocycles. The van der Waals surface area contributed by atoms with Crippen molar-refractivity contribution in [3.05, 3.63) is 23.5 Å². The van der Waals surface area contributed by atoms with E-state index >= 15 is 0 Å². The SMILES string of the molecule is COc1cc(C(C)(C)C)cnc1C#N. The Morgan fingerprint density at radius 3 is 2.50 bits per heavy atom. The first kappa shape index (κ1) is 10.5. The van der Waals surface area contributed by atoms with Crippen LogP contribution in [0.3, 0.4) is 0 Å². The van der Waals surface area contributed by atoms with Crippen molar-refractivity contribution in [3.63, 3.8) is 0 Å². The number of hydrogen-bond acceptors (Lipinski definition) is 3. The third kappa shape index (κ3) is 2.02. The number of methoxy groups -OCH3 is 1. The second-order valence-corrected chi connectivity index (χ2v) is 4.14. The van der Waals surface area contributed by atoms with E-state index in [0.717, 1.165) is 5.56 Å². The van der Waals surface area contributed by atoms with Gasteiger partial charge in [-0.05, 0) is 17.0 Å². The zero-order valence-corrected chi connectivity index (χ0v) is 8.96. The molecule has 0 fully saturated rings. The molecule has 3 heteroatoms. The molecule has 0 bridgehead atoms. The summed E-state index contributed by atoms with van der Waals surface area (Å²) in [6.45, 7) is 6.28. The highest BCUT2D eigenvalue weighted by atomic mass is 16.5. The van der Waals surface area contributed by atoms with Crippen LogP contribution in [0.15, 0.2) is 12.3 Å². The predicted octanol–water partition coefficient (Wildman–Crippen LogP) is 2.26. The van der Waals surface area contributed by atoms with Gasteiger partial charge in [-0.15, -0.1) is 0 Å². The monoisotopic (exact) mass is 190 g/mol. The average molecular weight is 190 g/mol. The van der Waals surface area contributed by atoms with E-state index in [1.165, 1.54) is 0 Å². The highest BCUT2D eigenvalue weighted by Gasteiger charge is 2.16. The lowest BCUT2D eigenvalue weighted by molar-refractivity contribution is 0.409. The lowest BCUT2D eigenvalue weighted by Gasteiger charge is -2.19. The summed E-state index contributed by atoms with van der Waals surface area (Å²) in [7, 11) is 1.55. The standard InChI is InChI=1S/C11H14N2O/c1-11(2,3)8-5-10(14-4)9(6-12)13-7-8/h5,7H,1-4H3. The van der Waals surface area contributed by atoms with Gasteiger partial charge in [0.05, 0.1) is 7.11 Å². The van der Waals surface area contributed by atoms with Gasteiger partial charge in [0.15, 0.2) is 11.4 Å². The van der Waals surface area contributed by atoms with Crippen LogP contribution in [0.1, 0.15) is 32.0 Å². The Morgan fingerprint density at radius 2 is 2.07 bits per heavy atom. The summed E-state index contributed by atoms with van der Waals surface area (Å²) in [6.07, 6.45) is 1.72. The van der Waals surface area contributed by atoms with E-state index < -0.39 is 0 Å². The average Bonchev–Trinajstić information content (AvgIpc) is 2.15. The highest BCUT2D eigenvalue weighted by molar-refractivity contribution is 5.40. The van der Waals surface area contributed by atoms with Gasteiger partial charge in [-0.25, -0.2) is 4.98 Å². The Balaban J connectivity index is 3.23. The molecule has 0 radical (unpaired) electrons. The maximum Gasteiger partial charge on any atom is 0.182 e. The third-order valence-corrected chi connectivity index (χ3v) is 2.04. The fraction of sp³-hybridized carbons (Fsp3) is 0.455. The van der Waals surface area contributed by atoms with E-state index in [2.05, 4.69) is 25.8 Å². The van der Waals surface area contributed by atoms with Crippen LogP contribution in [0.2, 0.25) is 0 Å². The quantitative estimate of drug-likeness (QED) is 0.682. The van der Waals surface area contributed by atoms with Crippen LogP contribution in [0.25, 0.3) is 0 Å². The molecule has 0 aromatic carbocycles. The minimum absolute atomic E-state index is 0.0221. The van der Waals surface area contributed by atoms with Crippen LogP contribution in [-0.4, -0.2) is 12.1 Å². The molecule has 14 heavy (non-hydrogen) atoms. The van der Waals surface area contributed by atoms with Gasteiger partial charge in [0, 0.05) is 6.20 Å². The molecule has 1 aromatic rings. The first-order chi connectivity index (χ1) is 6.49. The topological polar surface area (TPSA) is 45.9 Å². The minimum Gasteiger partial charge on any atom is -0.494 e. The first-order valence-electron chi connectivity index (χ1n) is 4.43. The van der Waals surface area contributed by atoms with Gasteiger partial charge < -0.3 is 4.74 Å². The smallest absolute Gasteiger partial charge is 0.182 e. The number of pyridine rings is 1. The van der Waals surface area contributed by atoms with E-state index in [-0.39, 0.29) is 5.41 Å². The summed E-state index contributed by atoms with van der Waals surface area (Å²) in [5.41, 5.74) is 1.42. The molecular weight excluding hydrogens is 176 g/mol. The highest BCUT2D eigenvalue weighted by Crippen LogP contribution is 2.26. The summed E-state index contributed by atoms with van der Waals surface area (Å²) in [5.74, 6) is 0.542. The molecule has 1 heterocycles. The molecule has 0 aliphatic heterocycles. The van der Waals surface area contributed by atoms with Crippen molar-refractivity contribution in [3.8, 4) is 11.8 Å². The van der Waals surface area contributed by atoms with Gasteiger partial charge in [0.2, 0.25) is 0 Å². The zero-order chi connectivity index (χ0) is 10.8. The van der Waals surface area contributed by atoms with E-state index in [4.69, 9.17) is 10.00 Å². The van der Waals surface area contributed by atoms with Crippen molar-refractivity contribution in [2.75, 3.05) is 7.11 Å². The molecule has 0 saturated heterocycles. The summed E-state index contributed by atoms with van der Waals surface area (Å²) >= 11 is 0. The van der Waals surface area contributed by atoms with Crippen LogP contribution in [0.4, 0.5) is 0 Å². The molecule has 1 aromatic heterocycles. The van der Waals surface area contributed by atoms with Gasteiger partial charge >= 0.3 is 0 Å². The van der Waals surface area contributed by atoms with Crippen molar-refractivity contribution in [2.24, 2.45) is 0 Å². The summed E-state index contributed by atoms with van der Waals surface area (Å²) < 4.78 is 5.09. The van der Waals surface area contributed by atoms with Crippen LogP contribution in [0, 0.1) is 11.3 Å². The molecule has 0 amide bonds. The van der Waals surface area contributed by atoms with Gasteiger partial charge in [0.25, 0.3) is 0 Å².